The quantitative estimate of drug-likeness (QED) is 0.780. The van der Waals surface area contributed by atoms with Gasteiger partial charge in [0.1, 0.15) is 6.33 Å². The van der Waals surface area contributed by atoms with Crippen LogP contribution in [0, 0.1) is 0 Å². The van der Waals surface area contributed by atoms with Gasteiger partial charge in [-0.25, -0.2) is 0 Å². The van der Waals surface area contributed by atoms with Crippen LogP contribution in [0.4, 0.5) is 0 Å². The number of carbonyl (C=O) groups is 1. The molecule has 0 radical (unpaired) electrons. The number of hydrogen-bond donors (Lipinski definition) is 0. The van der Waals surface area contributed by atoms with E-state index < -0.39 is 0 Å². The van der Waals surface area contributed by atoms with Gasteiger partial charge in [0.05, 0.1) is 18.8 Å². The van der Waals surface area contributed by atoms with Crippen molar-refractivity contribution in [2.45, 2.75) is 39.0 Å². The highest BCUT2D eigenvalue weighted by Gasteiger charge is 2.23. The van der Waals surface area contributed by atoms with Gasteiger partial charge >= 0.3 is 0 Å². The fraction of sp³-hybridized carbons (Fsp3) is 0.786. The predicted molar refractivity (Wildman–Crippen MR) is 78.5 cm³/mol. The average molecular weight is 295 g/mol. The van der Waals surface area contributed by atoms with Gasteiger partial charge in [-0.2, -0.15) is 0 Å². The van der Waals surface area contributed by atoms with E-state index in [1.807, 2.05) is 18.7 Å². The summed E-state index contributed by atoms with van der Waals surface area (Å²) in [7, 11) is 3.69. The summed E-state index contributed by atoms with van der Waals surface area (Å²) < 4.78 is 7.53. The summed E-state index contributed by atoms with van der Waals surface area (Å²) >= 11 is 0. The Labute approximate surface area is 125 Å². The number of aryl methyl sites for hydroxylation is 1. The van der Waals surface area contributed by atoms with Gasteiger partial charge in [-0.15, -0.1) is 10.2 Å². The van der Waals surface area contributed by atoms with Crippen LogP contribution in [0.25, 0.3) is 0 Å². The lowest BCUT2D eigenvalue weighted by atomic mass is 10.2. The van der Waals surface area contributed by atoms with Crippen molar-refractivity contribution in [2.24, 2.45) is 7.05 Å². The summed E-state index contributed by atoms with van der Waals surface area (Å²) in [4.78, 5) is 16.2. The molecular weight excluding hydrogens is 270 g/mol. The van der Waals surface area contributed by atoms with E-state index in [-0.39, 0.29) is 18.1 Å². The molecular formula is C14H25N5O2. The van der Waals surface area contributed by atoms with Crippen molar-refractivity contribution in [1.82, 2.24) is 24.6 Å². The molecule has 0 saturated carbocycles. The highest BCUT2D eigenvalue weighted by Crippen LogP contribution is 2.11. The van der Waals surface area contributed by atoms with Crippen molar-refractivity contribution < 1.29 is 9.53 Å². The number of carbonyl (C=O) groups excluding carboxylic acids is 1. The van der Waals surface area contributed by atoms with Crippen molar-refractivity contribution in [3.63, 3.8) is 0 Å². The molecule has 2 heterocycles. The number of hydrogen-bond acceptors (Lipinski definition) is 5. The minimum absolute atomic E-state index is 0.129. The molecule has 2 rings (SSSR count). The zero-order valence-corrected chi connectivity index (χ0v) is 13.3. The lowest BCUT2D eigenvalue weighted by Gasteiger charge is -2.35. The van der Waals surface area contributed by atoms with Crippen molar-refractivity contribution in [3.05, 3.63) is 12.2 Å². The van der Waals surface area contributed by atoms with Gasteiger partial charge in [0.2, 0.25) is 5.91 Å². The second-order valence-electron chi connectivity index (χ2n) is 5.87. The first kappa shape index (κ1) is 15.9. The number of nitrogens with zero attached hydrogens (tertiary/aromatic N) is 5. The van der Waals surface area contributed by atoms with E-state index in [1.54, 1.807) is 11.2 Å². The lowest BCUT2D eigenvalue weighted by Crippen LogP contribution is -2.46. The zero-order chi connectivity index (χ0) is 15.4. The maximum atomic E-state index is 12.2. The molecule has 1 saturated heterocycles. The number of aromatic nitrogens is 3. The molecule has 0 aliphatic carbocycles. The third-order valence-electron chi connectivity index (χ3n) is 3.75. The summed E-state index contributed by atoms with van der Waals surface area (Å²) in [6, 6.07) is 0. The summed E-state index contributed by atoms with van der Waals surface area (Å²) in [5.41, 5.74) is 0. The minimum Gasteiger partial charge on any atom is -0.373 e. The number of morpholine rings is 1. The molecule has 1 fully saturated rings. The van der Waals surface area contributed by atoms with Crippen LogP contribution in [0.2, 0.25) is 0 Å². The highest BCUT2D eigenvalue weighted by atomic mass is 16.5. The van der Waals surface area contributed by atoms with E-state index >= 15 is 0 Å². The van der Waals surface area contributed by atoms with E-state index in [0.29, 0.717) is 13.0 Å². The normalized spacial score (nSPS) is 23.2. The van der Waals surface area contributed by atoms with Crippen LogP contribution in [0.5, 0.6) is 0 Å². The maximum absolute atomic E-state index is 12.2. The molecule has 0 bridgehead atoms. The van der Waals surface area contributed by atoms with Crippen molar-refractivity contribution in [2.75, 3.05) is 26.7 Å². The average Bonchev–Trinajstić information content (AvgIpc) is 2.80. The molecule has 21 heavy (non-hydrogen) atoms. The monoisotopic (exact) mass is 295 g/mol. The second kappa shape index (κ2) is 7.00. The van der Waals surface area contributed by atoms with Crippen LogP contribution in [-0.2, 0) is 23.1 Å². The van der Waals surface area contributed by atoms with Gasteiger partial charge in [0.15, 0.2) is 5.82 Å². The predicted octanol–water partition coefficient (Wildman–Crippen LogP) is 0.273. The largest absolute Gasteiger partial charge is 0.373 e. The Kier molecular flexibility index (Phi) is 5.30. The zero-order valence-electron chi connectivity index (χ0n) is 13.3. The van der Waals surface area contributed by atoms with E-state index in [2.05, 4.69) is 28.9 Å². The Morgan fingerprint density at radius 1 is 1.43 bits per heavy atom. The molecule has 1 aliphatic heterocycles. The molecule has 2 atom stereocenters. The first-order valence-electron chi connectivity index (χ1n) is 7.40. The van der Waals surface area contributed by atoms with Crippen LogP contribution < -0.4 is 0 Å². The lowest BCUT2D eigenvalue weighted by molar-refractivity contribution is -0.131. The Bertz CT molecular complexity index is 466. The smallest absolute Gasteiger partial charge is 0.224 e. The van der Waals surface area contributed by atoms with Crippen molar-refractivity contribution in [1.29, 1.82) is 0 Å². The third kappa shape index (κ3) is 4.50. The first-order valence-corrected chi connectivity index (χ1v) is 7.40. The van der Waals surface area contributed by atoms with Gasteiger partial charge in [-0.3, -0.25) is 9.69 Å². The molecule has 118 valence electrons. The van der Waals surface area contributed by atoms with Gasteiger partial charge in [0.25, 0.3) is 0 Å². The molecule has 0 aromatic carbocycles. The van der Waals surface area contributed by atoms with Gasteiger partial charge < -0.3 is 14.2 Å². The van der Waals surface area contributed by atoms with Crippen molar-refractivity contribution >= 4 is 5.91 Å². The van der Waals surface area contributed by atoms with E-state index in [1.165, 1.54) is 0 Å². The Balaban J connectivity index is 1.77. The summed E-state index contributed by atoms with van der Waals surface area (Å²) in [6.07, 6.45) is 2.64. The highest BCUT2D eigenvalue weighted by molar-refractivity contribution is 5.75. The van der Waals surface area contributed by atoms with E-state index in [9.17, 15) is 4.79 Å². The molecule has 1 amide bonds. The topological polar surface area (TPSA) is 63.5 Å². The minimum atomic E-state index is 0.129. The molecule has 1 aliphatic rings. The van der Waals surface area contributed by atoms with Crippen LogP contribution in [-0.4, -0.2) is 69.4 Å². The fourth-order valence-electron chi connectivity index (χ4n) is 2.66. The maximum Gasteiger partial charge on any atom is 0.224 e. The van der Waals surface area contributed by atoms with Crippen LogP contribution in [0.3, 0.4) is 0 Å². The summed E-state index contributed by atoms with van der Waals surface area (Å²) in [5, 5.41) is 7.82. The summed E-state index contributed by atoms with van der Waals surface area (Å²) in [5.74, 6) is 0.921. The van der Waals surface area contributed by atoms with E-state index in [4.69, 9.17) is 4.74 Å². The Morgan fingerprint density at radius 3 is 2.67 bits per heavy atom. The fourth-order valence-corrected chi connectivity index (χ4v) is 2.66. The molecule has 1 aromatic heterocycles. The number of rotatable bonds is 5. The molecule has 1 aromatic rings. The number of ether oxygens (including phenoxy) is 1. The van der Waals surface area contributed by atoms with Crippen LogP contribution >= 0.6 is 0 Å². The van der Waals surface area contributed by atoms with Crippen LogP contribution in [0.15, 0.2) is 6.33 Å². The molecule has 0 unspecified atom stereocenters. The second-order valence-corrected chi connectivity index (χ2v) is 5.87. The SMILES string of the molecule is C[C@@H]1CN(CCC(=O)N(C)Cc2nncn2C)C[C@H](C)O1. The standard InChI is InChI=1S/C14H25N5O2/c1-11-7-19(8-12(2)21-11)6-5-14(20)17(3)9-13-16-15-10-18(13)4/h10-12H,5-9H2,1-4H3/t11-,12+. The number of amides is 1. The van der Waals surface area contributed by atoms with Gasteiger partial charge in [-0.05, 0) is 13.8 Å². The Morgan fingerprint density at radius 2 is 2.10 bits per heavy atom. The third-order valence-corrected chi connectivity index (χ3v) is 3.75. The summed E-state index contributed by atoms with van der Waals surface area (Å²) in [6.45, 7) is 7.20. The molecule has 7 nitrogen and oxygen atoms in total. The molecule has 0 N–H and O–H groups in total. The Hall–Kier alpha value is -1.47. The van der Waals surface area contributed by atoms with Gasteiger partial charge in [-0.1, -0.05) is 0 Å². The van der Waals surface area contributed by atoms with Gasteiger partial charge in [0, 0.05) is 40.2 Å². The molecule has 7 heteroatoms. The first-order chi connectivity index (χ1) is 9.95. The van der Waals surface area contributed by atoms with Crippen molar-refractivity contribution in [3.8, 4) is 0 Å². The van der Waals surface area contributed by atoms with Crippen LogP contribution in [0.1, 0.15) is 26.1 Å². The molecule has 0 spiro atoms. The van der Waals surface area contributed by atoms with E-state index in [0.717, 1.165) is 25.5 Å².